The van der Waals surface area contributed by atoms with E-state index in [1.165, 1.54) is 0 Å². The molecule has 1 aliphatic carbocycles. The number of aliphatic hydroxyl groups excluding tert-OH is 5. The molecule has 0 aliphatic heterocycles. The van der Waals surface area contributed by atoms with Gasteiger partial charge in [-0.05, 0) is 0 Å². The third-order valence-corrected chi connectivity index (χ3v) is 1.97. The Hall–Kier alpha value is -0.200. The second-order valence-corrected chi connectivity index (χ2v) is 2.84. The van der Waals surface area contributed by atoms with E-state index in [2.05, 4.69) is 0 Å². The number of rotatable bonds is 0. The van der Waals surface area contributed by atoms with Gasteiger partial charge in [0.1, 0.15) is 18.3 Å². The summed E-state index contributed by atoms with van der Waals surface area (Å²) >= 11 is 0. The van der Waals surface area contributed by atoms with Crippen LogP contribution in [0.5, 0.6) is 0 Å². The van der Waals surface area contributed by atoms with Crippen LogP contribution < -0.4 is 0 Å². The third kappa shape index (κ3) is 1.52. The van der Waals surface area contributed by atoms with Gasteiger partial charge < -0.3 is 25.5 Å². The molecule has 0 radical (unpaired) electrons. The highest BCUT2D eigenvalue weighted by Crippen LogP contribution is 2.20. The zero-order valence-electron chi connectivity index (χ0n) is 5.83. The van der Waals surface area contributed by atoms with Crippen LogP contribution in [0.2, 0.25) is 0 Å². The van der Waals surface area contributed by atoms with E-state index in [0.717, 1.165) is 0 Å². The number of hydrogen-bond donors (Lipinski definition) is 5. The van der Waals surface area contributed by atoms with Crippen LogP contribution in [0.4, 0.5) is 0 Å². The van der Waals surface area contributed by atoms with Crippen LogP contribution >= 0.6 is 0 Å². The van der Waals surface area contributed by atoms with Gasteiger partial charge in [-0.2, -0.15) is 0 Å². The zero-order valence-corrected chi connectivity index (χ0v) is 5.83. The van der Waals surface area contributed by atoms with Gasteiger partial charge in [-0.1, -0.05) is 0 Å². The average molecular weight is 164 g/mol. The molecule has 66 valence electrons. The van der Waals surface area contributed by atoms with Gasteiger partial charge in [-0.15, -0.1) is 0 Å². The highest BCUT2D eigenvalue weighted by molar-refractivity contribution is 4.92. The Morgan fingerprint density at radius 2 is 1.00 bits per heavy atom. The highest BCUT2D eigenvalue weighted by Gasteiger charge is 2.40. The first-order valence-corrected chi connectivity index (χ1v) is 3.44. The van der Waals surface area contributed by atoms with E-state index >= 15 is 0 Å². The molecule has 5 atom stereocenters. The molecule has 5 heteroatoms. The molecule has 0 aromatic rings. The topological polar surface area (TPSA) is 101 Å². The van der Waals surface area contributed by atoms with Gasteiger partial charge in [-0.25, -0.2) is 0 Å². The van der Waals surface area contributed by atoms with E-state index in [1.54, 1.807) is 0 Å². The summed E-state index contributed by atoms with van der Waals surface area (Å²) in [6.45, 7) is 0. The first kappa shape index (κ1) is 8.89. The smallest absolute Gasteiger partial charge is 0.111 e. The van der Waals surface area contributed by atoms with Crippen molar-refractivity contribution in [3.8, 4) is 0 Å². The molecule has 0 saturated heterocycles. The van der Waals surface area contributed by atoms with Crippen LogP contribution in [0.25, 0.3) is 0 Å². The zero-order chi connectivity index (χ0) is 8.59. The molecule has 5 N–H and O–H groups in total. The van der Waals surface area contributed by atoms with Gasteiger partial charge in [0.25, 0.3) is 0 Å². The maximum Gasteiger partial charge on any atom is 0.111 e. The fourth-order valence-electron chi connectivity index (χ4n) is 1.18. The van der Waals surface area contributed by atoms with Gasteiger partial charge >= 0.3 is 0 Å². The quantitative estimate of drug-likeness (QED) is 0.266. The van der Waals surface area contributed by atoms with Gasteiger partial charge in [0, 0.05) is 6.42 Å². The van der Waals surface area contributed by atoms with E-state index in [-0.39, 0.29) is 6.42 Å². The summed E-state index contributed by atoms with van der Waals surface area (Å²) < 4.78 is 0. The molecule has 0 bridgehead atoms. The molecule has 1 rings (SSSR count). The van der Waals surface area contributed by atoms with Crippen LogP contribution in [-0.2, 0) is 0 Å². The van der Waals surface area contributed by atoms with E-state index < -0.39 is 30.5 Å². The molecule has 1 fully saturated rings. The summed E-state index contributed by atoms with van der Waals surface area (Å²) in [6, 6.07) is 0. The van der Waals surface area contributed by atoms with E-state index in [1.807, 2.05) is 0 Å². The molecule has 1 saturated carbocycles. The third-order valence-electron chi connectivity index (χ3n) is 1.97. The predicted molar refractivity (Wildman–Crippen MR) is 34.7 cm³/mol. The Labute approximate surface area is 63.5 Å². The first-order chi connectivity index (χ1) is 5.04. The van der Waals surface area contributed by atoms with Crippen molar-refractivity contribution < 1.29 is 25.5 Å². The Bertz CT molecular complexity index is 125. The summed E-state index contributed by atoms with van der Waals surface area (Å²) in [5.74, 6) is 0. The van der Waals surface area contributed by atoms with Gasteiger partial charge in [0.2, 0.25) is 0 Å². The van der Waals surface area contributed by atoms with Crippen molar-refractivity contribution in [2.75, 3.05) is 0 Å². The van der Waals surface area contributed by atoms with E-state index in [4.69, 9.17) is 25.5 Å². The standard InChI is InChI=1S/C6H12O5/c7-2-1-3(8)5(10)6(11)4(2)9/h2-11H,1H2/t2?,3?,4-,5+,6?. The SMILES string of the molecule is OC1CC(O)[C@H](O)C(O)[C@@H]1O. The Kier molecular flexibility index (Phi) is 2.46. The van der Waals surface area contributed by atoms with Crippen molar-refractivity contribution in [2.45, 2.75) is 36.9 Å². The minimum atomic E-state index is -1.46. The molecule has 0 heterocycles. The van der Waals surface area contributed by atoms with Crippen molar-refractivity contribution in [3.05, 3.63) is 0 Å². The molecule has 5 nitrogen and oxygen atoms in total. The molecule has 11 heavy (non-hydrogen) atoms. The molecule has 0 amide bonds. The number of aliphatic hydroxyl groups is 5. The first-order valence-electron chi connectivity index (χ1n) is 3.44. The van der Waals surface area contributed by atoms with Crippen LogP contribution in [0.3, 0.4) is 0 Å². The molecule has 0 aromatic carbocycles. The van der Waals surface area contributed by atoms with Crippen molar-refractivity contribution >= 4 is 0 Å². The lowest BCUT2D eigenvalue weighted by molar-refractivity contribution is -0.176. The predicted octanol–water partition coefficient (Wildman–Crippen LogP) is -2.81. The summed E-state index contributed by atoms with van der Waals surface area (Å²) in [5.41, 5.74) is 0. The molecule has 0 spiro atoms. The maximum atomic E-state index is 8.97. The monoisotopic (exact) mass is 164 g/mol. The van der Waals surface area contributed by atoms with E-state index in [0.29, 0.717) is 0 Å². The average Bonchev–Trinajstić information content (AvgIpc) is 1.97. The van der Waals surface area contributed by atoms with Crippen LogP contribution in [0.1, 0.15) is 6.42 Å². The van der Waals surface area contributed by atoms with Crippen molar-refractivity contribution in [2.24, 2.45) is 0 Å². The lowest BCUT2D eigenvalue weighted by atomic mass is 9.87. The molecule has 1 aliphatic rings. The normalized spacial score (nSPS) is 52.6. The van der Waals surface area contributed by atoms with Gasteiger partial charge in [0.05, 0.1) is 12.2 Å². The lowest BCUT2D eigenvalue weighted by Crippen LogP contribution is -2.55. The second-order valence-electron chi connectivity index (χ2n) is 2.84. The summed E-state index contributed by atoms with van der Waals surface area (Å²) in [4.78, 5) is 0. The fourth-order valence-corrected chi connectivity index (χ4v) is 1.18. The van der Waals surface area contributed by atoms with Crippen LogP contribution in [-0.4, -0.2) is 56.1 Å². The maximum absolute atomic E-state index is 8.97. The fraction of sp³-hybridized carbons (Fsp3) is 1.00. The Balaban J connectivity index is 2.63. The summed E-state index contributed by atoms with van der Waals surface area (Å²) in [6.07, 6.45) is -6.64. The molecular weight excluding hydrogens is 152 g/mol. The molecule has 3 unspecified atom stereocenters. The minimum absolute atomic E-state index is 0.112. The van der Waals surface area contributed by atoms with Crippen molar-refractivity contribution in [1.82, 2.24) is 0 Å². The Morgan fingerprint density at radius 1 is 0.636 bits per heavy atom. The Morgan fingerprint density at radius 3 is 1.36 bits per heavy atom. The largest absolute Gasteiger partial charge is 0.390 e. The van der Waals surface area contributed by atoms with Crippen molar-refractivity contribution in [3.63, 3.8) is 0 Å². The van der Waals surface area contributed by atoms with Crippen LogP contribution in [0, 0.1) is 0 Å². The van der Waals surface area contributed by atoms with Gasteiger partial charge in [0.15, 0.2) is 0 Å². The molecule has 0 aromatic heterocycles. The molecular formula is C6H12O5. The minimum Gasteiger partial charge on any atom is -0.390 e. The highest BCUT2D eigenvalue weighted by atomic mass is 16.4. The van der Waals surface area contributed by atoms with E-state index in [9.17, 15) is 0 Å². The lowest BCUT2D eigenvalue weighted by Gasteiger charge is -2.35. The summed E-state index contributed by atoms with van der Waals surface area (Å²) in [5, 5.41) is 44.8. The number of hydrogen-bond acceptors (Lipinski definition) is 5. The second kappa shape index (κ2) is 3.04. The van der Waals surface area contributed by atoms with Crippen LogP contribution in [0.15, 0.2) is 0 Å². The van der Waals surface area contributed by atoms with Crippen molar-refractivity contribution in [1.29, 1.82) is 0 Å². The van der Waals surface area contributed by atoms with Gasteiger partial charge in [-0.3, -0.25) is 0 Å². The summed E-state index contributed by atoms with van der Waals surface area (Å²) in [7, 11) is 0.